The topological polar surface area (TPSA) is 227 Å². The summed E-state index contributed by atoms with van der Waals surface area (Å²) in [6.07, 6.45) is -6.95. The van der Waals surface area contributed by atoms with Crippen molar-refractivity contribution in [1.82, 2.24) is 20.2 Å². The lowest BCUT2D eigenvalue weighted by molar-refractivity contribution is -0.257. The molecule has 0 saturated carbocycles. The van der Waals surface area contributed by atoms with Gasteiger partial charge in [-0.25, -0.2) is 4.79 Å². The van der Waals surface area contributed by atoms with Crippen molar-refractivity contribution in [3.8, 4) is 0 Å². The van der Waals surface area contributed by atoms with E-state index in [1.54, 1.807) is 4.98 Å². The van der Waals surface area contributed by atoms with Crippen LogP contribution in [0.3, 0.4) is 0 Å². The average Bonchev–Trinajstić information content (AvgIpc) is 2.84. The van der Waals surface area contributed by atoms with Gasteiger partial charge in [0.1, 0.15) is 25.3 Å². The standard InChI is InChI=1S/C23H29FN4O13/c1-9(25-16(33)7-28-6-14(24)21(35)27-23(28)36)20(34)26-22-19(40-13(5)32)18(39-12(4)31)17(38-11(3)30)15(41-22)8-37-10(2)29/h6,9,15,17-19,22H,7-8H2,1-5H3,(H,25,33)(H,26,34)(H,27,35,36)/t9-,15+,17-,18-,19+,22+/m0/s1. The van der Waals surface area contributed by atoms with E-state index in [2.05, 4.69) is 10.6 Å². The molecule has 0 aliphatic carbocycles. The lowest BCUT2D eigenvalue weighted by atomic mass is 9.97. The first kappa shape index (κ1) is 32.6. The highest BCUT2D eigenvalue weighted by molar-refractivity contribution is 5.87. The summed E-state index contributed by atoms with van der Waals surface area (Å²) in [5, 5.41) is 4.62. The van der Waals surface area contributed by atoms with Gasteiger partial charge in [-0.3, -0.25) is 43.1 Å². The molecule has 226 valence electrons. The number of carbonyl (C=O) groups is 6. The molecule has 0 spiro atoms. The summed E-state index contributed by atoms with van der Waals surface area (Å²) in [5.74, 6) is -6.52. The molecule has 1 aliphatic heterocycles. The van der Waals surface area contributed by atoms with Crippen molar-refractivity contribution in [2.24, 2.45) is 0 Å². The van der Waals surface area contributed by atoms with Crippen molar-refractivity contribution in [1.29, 1.82) is 0 Å². The molecule has 2 heterocycles. The minimum absolute atomic E-state index is 0.517. The Labute approximate surface area is 230 Å². The summed E-state index contributed by atoms with van der Waals surface area (Å²) in [6.45, 7) is 4.12. The van der Waals surface area contributed by atoms with Crippen LogP contribution >= 0.6 is 0 Å². The van der Waals surface area contributed by atoms with Crippen LogP contribution in [0.2, 0.25) is 0 Å². The molecule has 6 atom stereocenters. The Bertz CT molecular complexity index is 1310. The van der Waals surface area contributed by atoms with Gasteiger partial charge in [0.2, 0.25) is 17.6 Å². The maximum Gasteiger partial charge on any atom is 0.328 e. The van der Waals surface area contributed by atoms with E-state index in [-0.39, 0.29) is 0 Å². The zero-order valence-corrected chi connectivity index (χ0v) is 22.6. The minimum Gasteiger partial charge on any atom is -0.463 e. The first-order chi connectivity index (χ1) is 19.1. The number of carbonyl (C=O) groups excluding carboxylic acids is 6. The quantitative estimate of drug-likeness (QED) is 0.188. The number of esters is 4. The summed E-state index contributed by atoms with van der Waals surface area (Å²) in [6, 6.07) is -1.34. The van der Waals surface area contributed by atoms with E-state index >= 15 is 0 Å². The van der Waals surface area contributed by atoms with Crippen molar-refractivity contribution in [2.45, 2.75) is 77.8 Å². The van der Waals surface area contributed by atoms with E-state index in [1.807, 2.05) is 0 Å². The molecule has 1 aliphatic rings. The van der Waals surface area contributed by atoms with Crippen LogP contribution in [0.25, 0.3) is 0 Å². The van der Waals surface area contributed by atoms with Crippen molar-refractivity contribution >= 4 is 35.7 Å². The number of H-pyrrole nitrogens is 1. The Kier molecular flexibility index (Phi) is 11.3. The van der Waals surface area contributed by atoms with Crippen LogP contribution in [0, 0.1) is 5.82 Å². The second-order valence-electron chi connectivity index (χ2n) is 8.78. The van der Waals surface area contributed by atoms with Gasteiger partial charge in [0.15, 0.2) is 24.5 Å². The summed E-state index contributed by atoms with van der Waals surface area (Å²) in [7, 11) is 0. The van der Waals surface area contributed by atoms with Crippen LogP contribution in [0.5, 0.6) is 0 Å². The second kappa shape index (κ2) is 14.1. The van der Waals surface area contributed by atoms with Crippen molar-refractivity contribution in [3.63, 3.8) is 0 Å². The number of rotatable bonds is 10. The molecule has 18 heteroatoms. The van der Waals surface area contributed by atoms with E-state index in [0.29, 0.717) is 10.8 Å². The van der Waals surface area contributed by atoms with Gasteiger partial charge in [-0.15, -0.1) is 0 Å². The normalized spacial score (nSPS) is 22.4. The largest absolute Gasteiger partial charge is 0.463 e. The van der Waals surface area contributed by atoms with Crippen molar-refractivity contribution < 1.29 is 56.8 Å². The monoisotopic (exact) mass is 588 g/mol. The lowest BCUT2D eigenvalue weighted by Crippen LogP contribution is -2.67. The third-order valence-electron chi connectivity index (χ3n) is 5.33. The number of halogens is 1. The Morgan fingerprint density at radius 3 is 2.07 bits per heavy atom. The lowest BCUT2D eigenvalue weighted by Gasteiger charge is -2.44. The predicted octanol–water partition coefficient (Wildman–Crippen LogP) is -2.62. The first-order valence-corrected chi connectivity index (χ1v) is 12.0. The molecule has 1 saturated heterocycles. The molecular formula is C23H29FN4O13. The first-order valence-electron chi connectivity index (χ1n) is 12.0. The van der Waals surface area contributed by atoms with Crippen LogP contribution in [-0.4, -0.2) is 88.5 Å². The Morgan fingerprint density at radius 2 is 1.51 bits per heavy atom. The SMILES string of the molecule is CC(=O)OC[C@H]1O[C@@H](NC(=O)[C@H](C)NC(=O)Cn2cc(F)c(=O)[nH]c2=O)[C@H](OC(C)=O)[C@@H](OC(C)=O)[C@H]1OC(C)=O. The van der Waals surface area contributed by atoms with Crippen LogP contribution in [0.1, 0.15) is 34.6 Å². The van der Waals surface area contributed by atoms with Crippen molar-refractivity contribution in [2.75, 3.05) is 6.61 Å². The van der Waals surface area contributed by atoms with Gasteiger partial charge in [-0.2, -0.15) is 4.39 Å². The summed E-state index contributed by atoms with van der Waals surface area (Å²) in [5.41, 5.74) is -2.34. The third kappa shape index (κ3) is 9.52. The van der Waals surface area contributed by atoms with Gasteiger partial charge in [-0.1, -0.05) is 0 Å². The zero-order valence-electron chi connectivity index (χ0n) is 22.6. The molecule has 2 amide bonds. The number of nitrogens with zero attached hydrogens (tertiary/aromatic N) is 1. The van der Waals surface area contributed by atoms with Gasteiger partial charge in [0.25, 0.3) is 5.56 Å². The van der Waals surface area contributed by atoms with Crippen LogP contribution in [-0.2, 0) is 59.0 Å². The number of aromatic amines is 1. The van der Waals surface area contributed by atoms with E-state index in [1.165, 1.54) is 6.92 Å². The molecule has 2 rings (SSSR count). The second-order valence-corrected chi connectivity index (χ2v) is 8.78. The van der Waals surface area contributed by atoms with Crippen LogP contribution in [0.15, 0.2) is 15.8 Å². The number of nitrogens with one attached hydrogen (secondary N) is 3. The Morgan fingerprint density at radius 1 is 0.951 bits per heavy atom. The van der Waals surface area contributed by atoms with Crippen LogP contribution < -0.4 is 21.9 Å². The highest BCUT2D eigenvalue weighted by Gasteiger charge is 2.52. The number of hydrogen-bond acceptors (Lipinski definition) is 13. The number of hydrogen-bond donors (Lipinski definition) is 3. The van der Waals surface area contributed by atoms with E-state index < -0.39 is 103 Å². The highest BCUT2D eigenvalue weighted by Crippen LogP contribution is 2.28. The fraction of sp³-hybridized carbons (Fsp3) is 0.565. The number of amides is 2. The van der Waals surface area contributed by atoms with E-state index in [9.17, 15) is 42.7 Å². The molecule has 1 fully saturated rings. The molecule has 0 unspecified atom stereocenters. The molecular weight excluding hydrogens is 559 g/mol. The smallest absolute Gasteiger partial charge is 0.328 e. The van der Waals surface area contributed by atoms with Crippen molar-refractivity contribution in [3.05, 3.63) is 32.9 Å². The molecule has 41 heavy (non-hydrogen) atoms. The number of aromatic nitrogens is 2. The minimum atomic E-state index is -1.58. The Hall–Kier alpha value is -4.61. The summed E-state index contributed by atoms with van der Waals surface area (Å²) < 4.78 is 40.5. The van der Waals surface area contributed by atoms with Gasteiger partial charge in [0, 0.05) is 27.7 Å². The molecule has 17 nitrogen and oxygen atoms in total. The van der Waals surface area contributed by atoms with E-state index in [4.69, 9.17) is 23.7 Å². The maximum atomic E-state index is 13.5. The van der Waals surface area contributed by atoms with Gasteiger partial charge in [0.05, 0.1) is 6.20 Å². The molecule has 0 aromatic carbocycles. The molecule has 1 aromatic rings. The summed E-state index contributed by atoms with van der Waals surface area (Å²) >= 11 is 0. The maximum absolute atomic E-state index is 13.5. The fourth-order valence-corrected chi connectivity index (χ4v) is 3.72. The number of ether oxygens (including phenoxy) is 5. The molecule has 1 aromatic heterocycles. The highest BCUT2D eigenvalue weighted by atomic mass is 19.1. The Balaban J connectivity index is 2.29. The van der Waals surface area contributed by atoms with E-state index in [0.717, 1.165) is 27.7 Å². The molecule has 0 radical (unpaired) electrons. The predicted molar refractivity (Wildman–Crippen MR) is 129 cm³/mol. The van der Waals surface area contributed by atoms with Gasteiger partial charge in [-0.05, 0) is 6.92 Å². The fourth-order valence-electron chi connectivity index (χ4n) is 3.72. The van der Waals surface area contributed by atoms with Gasteiger partial charge < -0.3 is 34.3 Å². The average molecular weight is 588 g/mol. The third-order valence-corrected chi connectivity index (χ3v) is 5.33. The summed E-state index contributed by atoms with van der Waals surface area (Å²) in [4.78, 5) is 96.9. The zero-order chi connectivity index (χ0) is 31.0. The molecule has 3 N–H and O–H groups in total. The van der Waals surface area contributed by atoms with Gasteiger partial charge >= 0.3 is 29.6 Å². The molecule has 0 bridgehead atoms. The van der Waals surface area contributed by atoms with Crippen LogP contribution in [0.4, 0.5) is 4.39 Å².